The van der Waals surface area contributed by atoms with Crippen LogP contribution in [0.2, 0.25) is 0 Å². The summed E-state index contributed by atoms with van der Waals surface area (Å²) in [6, 6.07) is 7.83. The van der Waals surface area contributed by atoms with E-state index in [1.54, 1.807) is 9.80 Å². The molecule has 152 valence electrons. The maximum absolute atomic E-state index is 13.0. The molecule has 1 aromatic carbocycles. The first-order valence-electron chi connectivity index (χ1n) is 9.62. The fourth-order valence-electron chi connectivity index (χ4n) is 3.52. The topological polar surface area (TPSA) is 62.2 Å². The third-order valence-corrected chi connectivity index (χ3v) is 5.42. The Morgan fingerprint density at radius 1 is 1.29 bits per heavy atom. The van der Waals surface area contributed by atoms with Gasteiger partial charge in [0, 0.05) is 29.7 Å². The molecule has 3 rings (SSSR count). The molecule has 0 unspecified atom stereocenters. The van der Waals surface area contributed by atoms with Crippen molar-refractivity contribution in [1.29, 1.82) is 0 Å². The number of amidine groups is 1. The summed E-state index contributed by atoms with van der Waals surface area (Å²) in [5.41, 5.74) is -0.360. The van der Waals surface area contributed by atoms with Crippen molar-refractivity contribution in [2.45, 2.75) is 52.2 Å². The molecule has 0 bridgehead atoms. The van der Waals surface area contributed by atoms with Gasteiger partial charge in [0.15, 0.2) is 0 Å². The Hall–Kier alpha value is -1.89. The van der Waals surface area contributed by atoms with Crippen LogP contribution in [0.4, 0.5) is 4.79 Å². The number of likely N-dealkylation sites (tertiary alicyclic amines) is 1. The zero-order valence-electron chi connectivity index (χ0n) is 17.2. The van der Waals surface area contributed by atoms with Crippen molar-refractivity contribution in [1.82, 2.24) is 9.80 Å². The molecule has 1 aromatic rings. The van der Waals surface area contributed by atoms with Crippen LogP contribution in [0.1, 0.15) is 46.6 Å². The van der Waals surface area contributed by atoms with Crippen LogP contribution in [0.3, 0.4) is 0 Å². The maximum atomic E-state index is 13.0. The Balaban J connectivity index is 1.72. The second kappa shape index (κ2) is 7.50. The van der Waals surface area contributed by atoms with E-state index in [0.717, 1.165) is 16.5 Å². The molecule has 2 amide bonds. The largest absolute Gasteiger partial charge is 0.444 e. The lowest BCUT2D eigenvalue weighted by Gasteiger charge is -2.26. The Kier molecular flexibility index (Phi) is 5.58. The highest BCUT2D eigenvalue weighted by Crippen LogP contribution is 2.29. The van der Waals surface area contributed by atoms with E-state index < -0.39 is 11.1 Å². The number of rotatable bonds is 3. The lowest BCUT2D eigenvalue weighted by atomic mass is 10.0. The van der Waals surface area contributed by atoms with Crippen molar-refractivity contribution in [3.05, 3.63) is 34.3 Å². The first-order chi connectivity index (χ1) is 13.0. The van der Waals surface area contributed by atoms with Gasteiger partial charge in [0.2, 0.25) is 0 Å². The molecule has 28 heavy (non-hydrogen) atoms. The molecular weight excluding hydrogens is 422 g/mol. The van der Waals surface area contributed by atoms with E-state index in [1.807, 2.05) is 58.9 Å². The van der Waals surface area contributed by atoms with E-state index >= 15 is 0 Å². The Morgan fingerprint density at radius 2 is 1.93 bits per heavy atom. The molecule has 0 radical (unpaired) electrons. The quantitative estimate of drug-likeness (QED) is 0.698. The summed E-state index contributed by atoms with van der Waals surface area (Å²) in [7, 11) is 0. The molecule has 7 heteroatoms. The highest BCUT2D eigenvalue weighted by atomic mass is 79.9. The van der Waals surface area contributed by atoms with Gasteiger partial charge in [-0.25, -0.2) is 4.79 Å². The highest BCUT2D eigenvalue weighted by Gasteiger charge is 2.43. The van der Waals surface area contributed by atoms with Gasteiger partial charge in [-0.05, 0) is 59.1 Å². The average Bonchev–Trinajstić information content (AvgIpc) is 3.13. The van der Waals surface area contributed by atoms with E-state index in [2.05, 4.69) is 15.9 Å². The van der Waals surface area contributed by atoms with Gasteiger partial charge in [0.05, 0.1) is 0 Å². The fraction of sp³-hybridized carbons (Fsp3) is 0.571. The first kappa shape index (κ1) is 20.8. The van der Waals surface area contributed by atoms with Crippen LogP contribution in [0.15, 0.2) is 33.7 Å². The van der Waals surface area contributed by atoms with E-state index in [4.69, 9.17) is 9.73 Å². The van der Waals surface area contributed by atoms with Gasteiger partial charge < -0.3 is 9.64 Å². The molecule has 0 aliphatic carbocycles. The van der Waals surface area contributed by atoms with Crippen LogP contribution >= 0.6 is 15.9 Å². The van der Waals surface area contributed by atoms with Gasteiger partial charge in [-0.2, -0.15) is 0 Å². The normalized spacial score (nSPS) is 21.9. The highest BCUT2D eigenvalue weighted by molar-refractivity contribution is 9.10. The fourth-order valence-corrected chi connectivity index (χ4v) is 3.78. The smallest absolute Gasteiger partial charge is 0.410 e. The predicted octanol–water partition coefficient (Wildman–Crippen LogP) is 4.07. The first-order valence-corrected chi connectivity index (χ1v) is 10.4. The summed E-state index contributed by atoms with van der Waals surface area (Å²) in [6.07, 6.45) is 0.557. The third-order valence-electron chi connectivity index (χ3n) is 4.89. The summed E-state index contributed by atoms with van der Waals surface area (Å²) >= 11 is 3.45. The van der Waals surface area contributed by atoms with Crippen molar-refractivity contribution in [3.8, 4) is 0 Å². The molecule has 1 saturated heterocycles. The summed E-state index contributed by atoms with van der Waals surface area (Å²) in [5, 5.41) is 0. The molecule has 0 aromatic heterocycles. The standard InChI is InChI=1S/C21H28BrN3O3/c1-20(2,3)28-19(27)24-11-10-14(12-24)13-25-17(23-21(4,5)18(25)26)15-6-8-16(22)9-7-15/h6-9,14H,10-13H2,1-5H3/t14-/m1/s1. The Labute approximate surface area is 175 Å². The zero-order chi connectivity index (χ0) is 20.7. The van der Waals surface area contributed by atoms with Gasteiger partial charge >= 0.3 is 6.09 Å². The summed E-state index contributed by atoms with van der Waals surface area (Å²) in [5.74, 6) is 0.908. The van der Waals surface area contributed by atoms with Gasteiger partial charge in [-0.1, -0.05) is 28.1 Å². The molecular formula is C21H28BrN3O3. The number of carbonyl (C=O) groups is 2. The monoisotopic (exact) mass is 449 g/mol. The van der Waals surface area contributed by atoms with Crippen molar-refractivity contribution in [2.75, 3.05) is 19.6 Å². The Bertz CT molecular complexity index is 796. The lowest BCUT2D eigenvalue weighted by molar-refractivity contribution is -0.130. The van der Waals surface area contributed by atoms with Crippen molar-refractivity contribution in [3.63, 3.8) is 0 Å². The van der Waals surface area contributed by atoms with E-state index in [-0.39, 0.29) is 17.9 Å². The number of hydrogen-bond donors (Lipinski definition) is 0. The van der Waals surface area contributed by atoms with Gasteiger partial charge in [0.25, 0.3) is 5.91 Å². The molecule has 6 nitrogen and oxygen atoms in total. The molecule has 0 saturated carbocycles. The lowest BCUT2D eigenvalue weighted by Crippen LogP contribution is -2.43. The van der Waals surface area contributed by atoms with Crippen LogP contribution in [-0.2, 0) is 9.53 Å². The second-order valence-electron chi connectivity index (χ2n) is 9.00. The average molecular weight is 450 g/mol. The van der Waals surface area contributed by atoms with Crippen LogP contribution in [0.25, 0.3) is 0 Å². The number of halogens is 1. The van der Waals surface area contributed by atoms with Crippen LogP contribution in [0.5, 0.6) is 0 Å². The van der Waals surface area contributed by atoms with E-state index in [1.165, 1.54) is 0 Å². The Morgan fingerprint density at radius 3 is 2.54 bits per heavy atom. The predicted molar refractivity (Wildman–Crippen MR) is 112 cm³/mol. The minimum Gasteiger partial charge on any atom is -0.444 e. The number of benzene rings is 1. The van der Waals surface area contributed by atoms with Gasteiger partial charge in [0.1, 0.15) is 17.0 Å². The van der Waals surface area contributed by atoms with Gasteiger partial charge in [-0.3, -0.25) is 14.7 Å². The summed E-state index contributed by atoms with van der Waals surface area (Å²) < 4.78 is 6.46. The minimum absolute atomic E-state index is 0.00105. The molecule has 2 aliphatic heterocycles. The molecule has 1 fully saturated rings. The zero-order valence-corrected chi connectivity index (χ0v) is 18.7. The molecule has 1 atom stereocenters. The van der Waals surface area contributed by atoms with Crippen LogP contribution in [-0.4, -0.2) is 58.4 Å². The number of hydrogen-bond acceptors (Lipinski definition) is 4. The minimum atomic E-state index is -0.772. The third kappa shape index (κ3) is 4.57. The molecule has 0 N–H and O–H groups in total. The van der Waals surface area contributed by atoms with E-state index in [9.17, 15) is 9.59 Å². The molecule has 2 aliphatic rings. The van der Waals surface area contributed by atoms with Crippen molar-refractivity contribution >= 4 is 33.8 Å². The number of nitrogens with zero attached hydrogens (tertiary/aromatic N) is 3. The van der Waals surface area contributed by atoms with Crippen molar-refractivity contribution in [2.24, 2.45) is 10.9 Å². The number of carbonyl (C=O) groups excluding carboxylic acids is 2. The summed E-state index contributed by atoms with van der Waals surface area (Å²) in [4.78, 5) is 33.5. The number of ether oxygens (including phenoxy) is 1. The van der Waals surface area contributed by atoms with Crippen LogP contribution < -0.4 is 0 Å². The molecule has 2 heterocycles. The van der Waals surface area contributed by atoms with Crippen LogP contribution in [0, 0.1) is 5.92 Å². The van der Waals surface area contributed by atoms with Gasteiger partial charge in [-0.15, -0.1) is 0 Å². The molecule has 0 spiro atoms. The SMILES string of the molecule is CC(C)(C)OC(=O)N1CC[C@@H](CN2C(=O)C(C)(C)N=C2c2ccc(Br)cc2)C1. The maximum Gasteiger partial charge on any atom is 0.410 e. The number of amides is 2. The van der Waals surface area contributed by atoms with E-state index in [0.29, 0.717) is 25.5 Å². The number of aliphatic imine (C=N–C) groups is 1. The van der Waals surface area contributed by atoms with Crippen molar-refractivity contribution < 1.29 is 14.3 Å². The second-order valence-corrected chi connectivity index (χ2v) is 9.91. The summed E-state index contributed by atoms with van der Waals surface area (Å²) in [6.45, 7) is 11.1.